The molecule has 1 aromatic heterocycles. The highest BCUT2D eigenvalue weighted by Gasteiger charge is 2.31. The summed E-state index contributed by atoms with van der Waals surface area (Å²) < 4.78 is 6.62. The number of hydrogen-bond acceptors (Lipinski definition) is 6. The number of aliphatic hydroxyl groups is 1. The number of ether oxygens (including phenoxy) is 1. The molecule has 1 fully saturated rings. The minimum Gasteiger partial charge on any atom is -0.488 e. The van der Waals surface area contributed by atoms with Crippen molar-refractivity contribution in [1.82, 2.24) is 14.8 Å². The number of rotatable bonds is 8. The minimum atomic E-state index is -0.295. The lowest BCUT2D eigenvalue weighted by atomic mass is 9.88. The van der Waals surface area contributed by atoms with E-state index in [0.717, 1.165) is 37.8 Å². The lowest BCUT2D eigenvalue weighted by Crippen LogP contribution is -2.47. The Morgan fingerprint density at radius 1 is 1.21 bits per heavy atom. The summed E-state index contributed by atoms with van der Waals surface area (Å²) in [7, 11) is 2.06. The predicted molar refractivity (Wildman–Crippen MR) is 148 cm³/mol. The molecule has 2 heterocycles. The summed E-state index contributed by atoms with van der Waals surface area (Å²) in [6, 6.07) is 9.35. The number of carbonyl (C=O) groups is 2. The number of aromatic nitrogens is 1. The summed E-state index contributed by atoms with van der Waals surface area (Å²) in [5.74, 6) is 0.754. The van der Waals surface area contributed by atoms with Crippen LogP contribution >= 0.6 is 0 Å². The molecule has 2 amide bonds. The maximum absolute atomic E-state index is 13.4. The molecule has 38 heavy (non-hydrogen) atoms. The van der Waals surface area contributed by atoms with Gasteiger partial charge >= 0.3 is 0 Å². The molecule has 0 radical (unpaired) electrons. The van der Waals surface area contributed by atoms with E-state index in [2.05, 4.69) is 29.2 Å². The smallest absolute Gasteiger partial charge is 0.227 e. The highest BCUT2D eigenvalue weighted by Crippen LogP contribution is 2.30. The summed E-state index contributed by atoms with van der Waals surface area (Å²) in [6.07, 6.45) is 8.81. The van der Waals surface area contributed by atoms with Crippen LogP contribution in [-0.4, -0.2) is 70.6 Å². The zero-order chi connectivity index (χ0) is 27.1. The van der Waals surface area contributed by atoms with E-state index in [4.69, 9.17) is 4.74 Å². The molecule has 1 aliphatic heterocycles. The van der Waals surface area contributed by atoms with Gasteiger partial charge in [-0.05, 0) is 62.7 Å². The zero-order valence-corrected chi connectivity index (χ0v) is 22.9. The third-order valence-corrected chi connectivity index (χ3v) is 7.85. The van der Waals surface area contributed by atoms with E-state index in [0.29, 0.717) is 24.5 Å². The van der Waals surface area contributed by atoms with Gasteiger partial charge in [0.25, 0.3) is 0 Å². The van der Waals surface area contributed by atoms with E-state index in [1.807, 2.05) is 37.3 Å². The van der Waals surface area contributed by atoms with Crippen LogP contribution in [0.15, 0.2) is 42.7 Å². The number of nitrogens with one attached hydrogen (secondary N) is 1. The fraction of sp³-hybridized carbons (Fsp3) is 0.567. The first-order valence-corrected chi connectivity index (χ1v) is 13.9. The summed E-state index contributed by atoms with van der Waals surface area (Å²) in [4.78, 5) is 34.4. The lowest BCUT2D eigenvalue weighted by Gasteiger charge is -2.34. The van der Waals surface area contributed by atoms with Crippen LogP contribution in [0.25, 0.3) is 0 Å². The highest BCUT2D eigenvalue weighted by molar-refractivity contribution is 5.93. The third kappa shape index (κ3) is 7.32. The monoisotopic (exact) mass is 522 g/mol. The van der Waals surface area contributed by atoms with E-state index >= 15 is 0 Å². The maximum atomic E-state index is 13.4. The molecule has 3 atom stereocenters. The van der Waals surface area contributed by atoms with Crippen molar-refractivity contribution in [3.8, 4) is 5.75 Å². The fourth-order valence-corrected chi connectivity index (χ4v) is 5.51. The zero-order valence-electron chi connectivity index (χ0n) is 22.9. The Balaban J connectivity index is 1.57. The Hall–Kier alpha value is -2.97. The quantitative estimate of drug-likeness (QED) is 0.546. The number of benzene rings is 1. The van der Waals surface area contributed by atoms with Gasteiger partial charge in [-0.1, -0.05) is 26.2 Å². The van der Waals surface area contributed by atoms with Gasteiger partial charge < -0.3 is 20.1 Å². The number of hydrogen-bond donors (Lipinski definition) is 2. The van der Waals surface area contributed by atoms with E-state index in [1.54, 1.807) is 17.3 Å². The maximum Gasteiger partial charge on any atom is 0.227 e. The molecular formula is C30H42N4O4. The summed E-state index contributed by atoms with van der Waals surface area (Å²) in [5, 5.41) is 13.0. The average molecular weight is 523 g/mol. The molecule has 1 aromatic carbocycles. The second-order valence-corrected chi connectivity index (χ2v) is 11.1. The number of pyridine rings is 1. The Morgan fingerprint density at radius 3 is 2.66 bits per heavy atom. The van der Waals surface area contributed by atoms with Crippen molar-refractivity contribution < 1.29 is 19.4 Å². The van der Waals surface area contributed by atoms with Crippen molar-refractivity contribution in [2.45, 2.75) is 71.1 Å². The number of nitrogens with zero attached hydrogens (tertiary/aromatic N) is 3. The van der Waals surface area contributed by atoms with Crippen LogP contribution in [0.5, 0.6) is 5.75 Å². The Morgan fingerprint density at radius 2 is 1.95 bits per heavy atom. The van der Waals surface area contributed by atoms with Gasteiger partial charge in [0.15, 0.2) is 0 Å². The number of fused-ring (bicyclic) bond motifs is 1. The molecular weight excluding hydrogens is 480 g/mol. The van der Waals surface area contributed by atoms with Crippen LogP contribution in [0.2, 0.25) is 0 Å². The topological polar surface area (TPSA) is 95.0 Å². The molecule has 4 rings (SSSR count). The van der Waals surface area contributed by atoms with E-state index in [1.165, 1.54) is 12.0 Å². The van der Waals surface area contributed by atoms with E-state index < -0.39 is 0 Å². The molecule has 1 saturated carbocycles. The van der Waals surface area contributed by atoms with E-state index in [9.17, 15) is 14.7 Å². The number of anilines is 1. The molecule has 8 heteroatoms. The molecule has 1 aliphatic carbocycles. The third-order valence-electron chi connectivity index (χ3n) is 7.85. The number of carbonyl (C=O) groups excluding carboxylic acids is 2. The Kier molecular flexibility index (Phi) is 9.74. The second kappa shape index (κ2) is 13.2. The second-order valence-electron chi connectivity index (χ2n) is 11.1. The van der Waals surface area contributed by atoms with E-state index in [-0.39, 0.29) is 48.8 Å². The predicted octanol–water partition coefficient (Wildman–Crippen LogP) is 3.88. The fourth-order valence-electron chi connectivity index (χ4n) is 5.51. The summed E-state index contributed by atoms with van der Waals surface area (Å²) in [5.41, 5.74) is 2.61. The average Bonchev–Trinajstić information content (AvgIpc) is 2.97. The molecule has 206 valence electrons. The van der Waals surface area contributed by atoms with Crippen molar-refractivity contribution in [2.75, 3.05) is 32.1 Å². The molecule has 8 nitrogen and oxygen atoms in total. The van der Waals surface area contributed by atoms with Gasteiger partial charge in [0.05, 0.1) is 19.1 Å². The van der Waals surface area contributed by atoms with Gasteiger partial charge in [-0.3, -0.25) is 19.5 Å². The first-order valence-electron chi connectivity index (χ1n) is 13.9. The van der Waals surface area contributed by atoms with Crippen LogP contribution in [-0.2, 0) is 22.6 Å². The molecule has 0 spiro atoms. The van der Waals surface area contributed by atoms with Crippen LogP contribution < -0.4 is 10.1 Å². The minimum absolute atomic E-state index is 0.0319. The number of aliphatic hydroxyl groups excluding tert-OH is 1. The van der Waals surface area contributed by atoms with Crippen molar-refractivity contribution in [3.63, 3.8) is 0 Å². The van der Waals surface area contributed by atoms with Crippen molar-refractivity contribution in [1.29, 1.82) is 0 Å². The normalized spacial score (nSPS) is 21.6. The van der Waals surface area contributed by atoms with Gasteiger partial charge in [0.2, 0.25) is 11.8 Å². The van der Waals surface area contributed by atoms with Crippen molar-refractivity contribution in [3.05, 3.63) is 53.9 Å². The number of amides is 2. The van der Waals surface area contributed by atoms with Crippen molar-refractivity contribution in [2.24, 2.45) is 11.8 Å². The van der Waals surface area contributed by atoms with Crippen LogP contribution in [0.1, 0.15) is 57.1 Å². The Labute approximate surface area is 226 Å². The van der Waals surface area contributed by atoms with Gasteiger partial charge in [-0.15, -0.1) is 0 Å². The number of likely N-dealkylation sites (N-methyl/N-ethyl adjacent to an activating group) is 1. The summed E-state index contributed by atoms with van der Waals surface area (Å²) >= 11 is 0. The molecule has 0 bridgehead atoms. The molecule has 2 aliphatic rings. The first kappa shape index (κ1) is 28.0. The molecule has 2 aromatic rings. The largest absolute Gasteiger partial charge is 0.488 e. The van der Waals surface area contributed by atoms with Crippen LogP contribution in [0, 0.1) is 11.8 Å². The highest BCUT2D eigenvalue weighted by atomic mass is 16.5. The van der Waals surface area contributed by atoms with Gasteiger partial charge in [-0.2, -0.15) is 0 Å². The summed E-state index contributed by atoms with van der Waals surface area (Å²) in [6.45, 7) is 5.78. The van der Waals surface area contributed by atoms with Crippen molar-refractivity contribution >= 4 is 17.5 Å². The standard InChI is InChI=1S/C30H42N4O4/c1-21-17-34(22(2)20-35)29(36)16-25-15-26(32-30(37)24-7-5-4-6-8-24)9-10-27(25)38-28(21)19-33(3)18-23-11-13-31-14-12-23/h9-15,21-22,24,28,35H,4-8,16-20H2,1-3H3,(H,32,37)/t21-,22+,28-/m0/s1. The molecule has 0 unspecified atom stereocenters. The van der Waals surface area contributed by atoms with Gasteiger partial charge in [0.1, 0.15) is 11.9 Å². The first-order chi connectivity index (χ1) is 18.3. The van der Waals surface area contributed by atoms with Crippen LogP contribution in [0.4, 0.5) is 5.69 Å². The molecule has 2 N–H and O–H groups in total. The van der Waals surface area contributed by atoms with Gasteiger partial charge in [0, 0.05) is 55.1 Å². The van der Waals surface area contributed by atoms with Gasteiger partial charge in [-0.25, -0.2) is 0 Å². The lowest BCUT2D eigenvalue weighted by molar-refractivity contribution is -0.134. The Bertz CT molecular complexity index is 1070. The van der Waals surface area contributed by atoms with Crippen LogP contribution in [0.3, 0.4) is 0 Å². The molecule has 0 saturated heterocycles. The SMILES string of the molecule is C[C@H](CO)N1C[C@H](C)[C@H](CN(C)Cc2ccncc2)Oc2ccc(NC(=O)C3CCCCC3)cc2CC1=O.